The van der Waals surface area contributed by atoms with Gasteiger partial charge in [-0.25, -0.2) is 17.8 Å². The predicted molar refractivity (Wildman–Crippen MR) is 123 cm³/mol. The van der Waals surface area contributed by atoms with Gasteiger partial charge in [0, 0.05) is 11.8 Å². The molecule has 34 heavy (non-hydrogen) atoms. The first kappa shape index (κ1) is 27.3. The Labute approximate surface area is 196 Å². The quantitative estimate of drug-likeness (QED) is 0.370. The molecular weight excluding hydrogens is 474 g/mol. The summed E-state index contributed by atoms with van der Waals surface area (Å²) in [7, 11) is -3.65. The molecule has 1 aromatic carbocycles. The summed E-state index contributed by atoms with van der Waals surface area (Å²) in [5.74, 6) is -1.24. The van der Waals surface area contributed by atoms with Crippen molar-refractivity contribution in [2.75, 3.05) is 11.0 Å². The van der Waals surface area contributed by atoms with Crippen molar-refractivity contribution in [2.45, 2.75) is 45.8 Å². The number of hydrogen-bond donors (Lipinski definition) is 2. The average Bonchev–Trinajstić information content (AvgIpc) is 2.72. The fraction of sp³-hybridized carbons (Fsp3) is 0.391. The maximum Gasteiger partial charge on any atom is 0.433 e. The highest BCUT2D eigenvalue weighted by molar-refractivity contribution is 7.92. The van der Waals surface area contributed by atoms with E-state index in [2.05, 4.69) is 15.0 Å². The van der Waals surface area contributed by atoms with E-state index in [4.69, 9.17) is 0 Å². The number of carbonyl (C=O) groups excluding carboxylic acids is 1. The van der Waals surface area contributed by atoms with Gasteiger partial charge in [-0.15, -0.1) is 0 Å². The number of alkyl halides is 3. The highest BCUT2D eigenvalue weighted by Gasteiger charge is 2.33. The van der Waals surface area contributed by atoms with Crippen molar-refractivity contribution in [2.24, 2.45) is 5.92 Å². The highest BCUT2D eigenvalue weighted by Crippen LogP contribution is 2.29. The Morgan fingerprint density at radius 2 is 1.85 bits per heavy atom. The van der Waals surface area contributed by atoms with E-state index in [0.29, 0.717) is 17.5 Å². The second-order valence-corrected chi connectivity index (χ2v) is 9.87. The lowest BCUT2D eigenvalue weighted by molar-refractivity contribution is -0.141. The normalized spacial score (nSPS) is 14.1. The van der Waals surface area contributed by atoms with Gasteiger partial charge in [-0.05, 0) is 54.7 Å². The van der Waals surface area contributed by atoms with Crippen LogP contribution in [-0.4, -0.2) is 25.6 Å². The molecule has 1 unspecified atom stereocenters. The molecule has 0 aliphatic rings. The van der Waals surface area contributed by atoms with Gasteiger partial charge in [-0.1, -0.05) is 32.4 Å². The van der Waals surface area contributed by atoms with Crippen LogP contribution in [0, 0.1) is 11.7 Å². The van der Waals surface area contributed by atoms with E-state index in [-0.39, 0.29) is 17.3 Å². The number of carbonyl (C=O) groups is 1. The Balaban J connectivity index is 2.17. The summed E-state index contributed by atoms with van der Waals surface area (Å²) in [6.45, 7) is 5.44. The molecule has 1 amide bonds. The molecule has 0 spiro atoms. The van der Waals surface area contributed by atoms with Crippen LogP contribution in [0.25, 0.3) is 6.08 Å². The number of amides is 1. The molecule has 2 rings (SSSR count). The average molecular weight is 502 g/mol. The molecule has 1 heterocycles. The molecule has 0 aliphatic heterocycles. The molecular formula is C23H27F4N3O3S. The zero-order chi connectivity index (χ0) is 25.7. The molecule has 6 nitrogen and oxygen atoms in total. The van der Waals surface area contributed by atoms with Gasteiger partial charge in [0.2, 0.25) is 15.9 Å². The largest absolute Gasteiger partial charge is 0.433 e. The van der Waals surface area contributed by atoms with Crippen LogP contribution >= 0.6 is 0 Å². The van der Waals surface area contributed by atoms with Crippen LogP contribution in [0.3, 0.4) is 0 Å². The first-order valence-electron chi connectivity index (χ1n) is 10.5. The molecule has 0 fully saturated rings. The van der Waals surface area contributed by atoms with Crippen LogP contribution in [0.1, 0.15) is 55.7 Å². The summed E-state index contributed by atoms with van der Waals surface area (Å²) >= 11 is 0. The molecule has 1 aromatic heterocycles. The minimum atomic E-state index is -4.57. The molecule has 2 N–H and O–H groups in total. The summed E-state index contributed by atoms with van der Waals surface area (Å²) < 4.78 is 78.0. The third-order valence-corrected chi connectivity index (χ3v) is 5.69. The number of nitrogens with one attached hydrogen (secondary N) is 2. The second-order valence-electron chi connectivity index (χ2n) is 8.12. The molecule has 0 saturated heterocycles. The van der Waals surface area contributed by atoms with Gasteiger partial charge in [-0.3, -0.25) is 9.52 Å². The SMILES string of the molecule is CC[C@@H](C)Cc1nc(C(F)(F)F)ccc1/C=C/C(=O)NC(C)c1ccc(NS(C)(=O)=O)c(F)c1. The van der Waals surface area contributed by atoms with E-state index in [1.54, 1.807) is 6.92 Å². The Morgan fingerprint density at radius 1 is 1.18 bits per heavy atom. The van der Waals surface area contributed by atoms with E-state index in [1.807, 2.05) is 13.8 Å². The van der Waals surface area contributed by atoms with Crippen LogP contribution in [0.5, 0.6) is 0 Å². The summed E-state index contributed by atoms with van der Waals surface area (Å²) in [5, 5.41) is 2.64. The number of anilines is 1. The highest BCUT2D eigenvalue weighted by atomic mass is 32.2. The van der Waals surface area contributed by atoms with Gasteiger partial charge in [0.25, 0.3) is 0 Å². The second kappa shape index (κ2) is 11.0. The molecule has 11 heteroatoms. The molecule has 0 saturated carbocycles. The molecule has 0 aliphatic carbocycles. The third kappa shape index (κ3) is 8.12. The number of benzene rings is 1. The number of aromatic nitrogens is 1. The van der Waals surface area contributed by atoms with Crippen molar-refractivity contribution in [1.29, 1.82) is 0 Å². The van der Waals surface area contributed by atoms with Crippen molar-refractivity contribution in [3.8, 4) is 0 Å². The first-order chi connectivity index (χ1) is 15.7. The van der Waals surface area contributed by atoms with E-state index < -0.39 is 39.7 Å². The predicted octanol–water partition coefficient (Wildman–Crippen LogP) is 5.09. The van der Waals surface area contributed by atoms with Crippen molar-refractivity contribution in [3.05, 3.63) is 64.7 Å². The number of rotatable bonds is 9. The first-order valence-corrected chi connectivity index (χ1v) is 12.4. The summed E-state index contributed by atoms with van der Waals surface area (Å²) in [4.78, 5) is 16.1. The molecule has 2 atom stereocenters. The van der Waals surface area contributed by atoms with Crippen molar-refractivity contribution < 1.29 is 30.8 Å². The number of halogens is 4. The third-order valence-electron chi connectivity index (χ3n) is 5.10. The Kier molecular flexibility index (Phi) is 8.82. The van der Waals surface area contributed by atoms with E-state index in [1.165, 1.54) is 30.4 Å². The number of hydrogen-bond acceptors (Lipinski definition) is 4. The Bertz CT molecular complexity index is 1160. The maximum atomic E-state index is 14.2. The topological polar surface area (TPSA) is 88.2 Å². The summed E-state index contributed by atoms with van der Waals surface area (Å²) in [5.41, 5.74) is -0.159. The van der Waals surface area contributed by atoms with Crippen LogP contribution in [0.15, 0.2) is 36.4 Å². The van der Waals surface area contributed by atoms with Crippen LogP contribution < -0.4 is 10.0 Å². The van der Waals surface area contributed by atoms with Gasteiger partial charge in [0.15, 0.2) is 0 Å². The fourth-order valence-corrected chi connectivity index (χ4v) is 3.62. The van der Waals surface area contributed by atoms with Gasteiger partial charge in [0.05, 0.1) is 18.0 Å². The lowest BCUT2D eigenvalue weighted by Gasteiger charge is -2.15. The zero-order valence-corrected chi connectivity index (χ0v) is 20.0. The zero-order valence-electron chi connectivity index (χ0n) is 19.2. The van der Waals surface area contributed by atoms with Gasteiger partial charge in [0.1, 0.15) is 11.5 Å². The lowest BCUT2D eigenvalue weighted by Crippen LogP contribution is -2.24. The van der Waals surface area contributed by atoms with Crippen LogP contribution in [-0.2, 0) is 27.4 Å². The summed E-state index contributed by atoms with van der Waals surface area (Å²) in [6, 6.07) is 5.35. The molecule has 186 valence electrons. The minimum Gasteiger partial charge on any atom is -0.346 e. The minimum absolute atomic E-state index is 0.104. The standard InChI is InChI=1S/C23H27F4N3O3S/c1-5-14(2)12-20-16(7-10-21(29-20)23(25,26)27)8-11-22(31)28-15(3)17-6-9-19(18(24)13-17)30-34(4,32)33/h6-11,13-15,30H,5,12H2,1-4H3,(H,28,31)/b11-8+/t14-,15?/m1/s1. The monoisotopic (exact) mass is 501 g/mol. The fourth-order valence-electron chi connectivity index (χ4n) is 3.05. The van der Waals surface area contributed by atoms with Crippen molar-refractivity contribution >= 4 is 27.7 Å². The van der Waals surface area contributed by atoms with E-state index >= 15 is 0 Å². The van der Waals surface area contributed by atoms with E-state index in [0.717, 1.165) is 24.8 Å². The molecule has 0 radical (unpaired) electrons. The maximum absolute atomic E-state index is 14.2. The van der Waals surface area contributed by atoms with Gasteiger partial charge in [-0.2, -0.15) is 13.2 Å². The molecule has 0 bridgehead atoms. The Hall–Kier alpha value is -2.95. The number of sulfonamides is 1. The van der Waals surface area contributed by atoms with Crippen molar-refractivity contribution in [1.82, 2.24) is 10.3 Å². The smallest absolute Gasteiger partial charge is 0.346 e. The van der Waals surface area contributed by atoms with E-state index in [9.17, 15) is 30.8 Å². The van der Waals surface area contributed by atoms with Crippen LogP contribution in [0.4, 0.5) is 23.2 Å². The van der Waals surface area contributed by atoms with Gasteiger partial charge < -0.3 is 5.32 Å². The Morgan fingerprint density at radius 3 is 2.41 bits per heavy atom. The number of nitrogens with zero attached hydrogens (tertiary/aromatic N) is 1. The summed E-state index contributed by atoms with van der Waals surface area (Å²) in [6.07, 6.45) is -0.0141. The van der Waals surface area contributed by atoms with Crippen LogP contribution in [0.2, 0.25) is 0 Å². The molecule has 2 aromatic rings. The number of pyridine rings is 1. The lowest BCUT2D eigenvalue weighted by atomic mass is 9.98. The van der Waals surface area contributed by atoms with Crippen molar-refractivity contribution in [3.63, 3.8) is 0 Å². The van der Waals surface area contributed by atoms with Gasteiger partial charge >= 0.3 is 6.18 Å².